The van der Waals surface area contributed by atoms with Crippen molar-refractivity contribution in [2.24, 2.45) is 0 Å². The molecule has 0 aliphatic heterocycles. The molecule has 0 heterocycles. The standard InChI is InChI=1S/C16H17ClN2O/c1-11(20)15-9-14(6-7-16(15)18)19(2)10-12-4-3-5-13(17)8-12/h3-9H,10,18H2,1-2H3. The van der Waals surface area contributed by atoms with Gasteiger partial charge in [-0.2, -0.15) is 0 Å². The number of nitrogen functional groups attached to an aromatic ring is 1. The van der Waals surface area contributed by atoms with Gasteiger partial charge in [0, 0.05) is 35.6 Å². The summed E-state index contributed by atoms with van der Waals surface area (Å²) < 4.78 is 0. The van der Waals surface area contributed by atoms with Crippen LogP contribution in [0.2, 0.25) is 5.02 Å². The van der Waals surface area contributed by atoms with Crippen molar-refractivity contribution >= 4 is 28.8 Å². The Morgan fingerprint density at radius 1 is 1.25 bits per heavy atom. The van der Waals surface area contributed by atoms with E-state index < -0.39 is 0 Å². The van der Waals surface area contributed by atoms with Crippen molar-refractivity contribution in [1.82, 2.24) is 0 Å². The molecule has 0 spiro atoms. The minimum Gasteiger partial charge on any atom is -0.398 e. The second-order valence-corrected chi connectivity index (χ2v) is 5.25. The number of rotatable bonds is 4. The van der Waals surface area contributed by atoms with E-state index in [-0.39, 0.29) is 5.78 Å². The van der Waals surface area contributed by atoms with Crippen LogP contribution in [0.25, 0.3) is 0 Å². The monoisotopic (exact) mass is 288 g/mol. The van der Waals surface area contributed by atoms with Crippen LogP contribution in [0.1, 0.15) is 22.8 Å². The van der Waals surface area contributed by atoms with Crippen molar-refractivity contribution in [3.8, 4) is 0 Å². The molecular formula is C16H17ClN2O. The number of carbonyl (C=O) groups excluding carboxylic acids is 1. The van der Waals surface area contributed by atoms with Crippen molar-refractivity contribution < 1.29 is 4.79 Å². The van der Waals surface area contributed by atoms with Crippen LogP contribution in [0, 0.1) is 0 Å². The Labute approximate surface area is 124 Å². The predicted octanol–water partition coefficient (Wildman–Crippen LogP) is 3.76. The van der Waals surface area contributed by atoms with Crippen LogP contribution in [0.5, 0.6) is 0 Å². The minimum absolute atomic E-state index is 0.0273. The molecule has 0 amide bonds. The lowest BCUT2D eigenvalue weighted by atomic mass is 10.1. The van der Waals surface area contributed by atoms with Gasteiger partial charge >= 0.3 is 0 Å². The molecule has 2 N–H and O–H groups in total. The minimum atomic E-state index is -0.0273. The van der Waals surface area contributed by atoms with Gasteiger partial charge < -0.3 is 10.6 Å². The Balaban J connectivity index is 2.23. The molecule has 104 valence electrons. The van der Waals surface area contributed by atoms with E-state index in [0.29, 0.717) is 17.8 Å². The molecule has 0 unspecified atom stereocenters. The first-order valence-electron chi connectivity index (χ1n) is 6.33. The van der Waals surface area contributed by atoms with E-state index in [2.05, 4.69) is 4.90 Å². The fourth-order valence-electron chi connectivity index (χ4n) is 2.09. The Morgan fingerprint density at radius 2 is 2.00 bits per heavy atom. The molecule has 2 aromatic rings. The number of carbonyl (C=O) groups is 1. The van der Waals surface area contributed by atoms with Crippen molar-refractivity contribution in [3.05, 3.63) is 58.6 Å². The highest BCUT2D eigenvalue weighted by Gasteiger charge is 2.09. The molecule has 0 bridgehead atoms. The van der Waals surface area contributed by atoms with Crippen molar-refractivity contribution in [2.45, 2.75) is 13.5 Å². The zero-order valence-electron chi connectivity index (χ0n) is 11.6. The SMILES string of the molecule is CC(=O)c1cc(N(C)Cc2cccc(Cl)c2)ccc1N. The smallest absolute Gasteiger partial charge is 0.161 e. The summed E-state index contributed by atoms with van der Waals surface area (Å²) in [5.41, 5.74) is 8.93. The molecule has 0 aromatic heterocycles. The Morgan fingerprint density at radius 3 is 2.65 bits per heavy atom. The molecule has 2 aromatic carbocycles. The summed E-state index contributed by atoms with van der Waals surface area (Å²) in [6.45, 7) is 2.23. The lowest BCUT2D eigenvalue weighted by Gasteiger charge is -2.20. The van der Waals surface area contributed by atoms with E-state index in [9.17, 15) is 4.79 Å². The maximum Gasteiger partial charge on any atom is 0.161 e. The first-order chi connectivity index (χ1) is 9.47. The number of nitrogens with zero attached hydrogens (tertiary/aromatic N) is 1. The van der Waals surface area contributed by atoms with Gasteiger partial charge in [0.05, 0.1) is 0 Å². The maximum atomic E-state index is 11.5. The molecule has 0 radical (unpaired) electrons. The fraction of sp³-hybridized carbons (Fsp3) is 0.188. The van der Waals surface area contributed by atoms with Gasteiger partial charge in [-0.25, -0.2) is 0 Å². The van der Waals surface area contributed by atoms with Gasteiger partial charge in [0.15, 0.2) is 5.78 Å². The van der Waals surface area contributed by atoms with Crippen LogP contribution in [-0.2, 0) is 6.54 Å². The lowest BCUT2D eigenvalue weighted by Crippen LogP contribution is -2.17. The lowest BCUT2D eigenvalue weighted by molar-refractivity contribution is 0.101. The maximum absolute atomic E-state index is 11.5. The number of hydrogen-bond donors (Lipinski definition) is 1. The predicted molar refractivity (Wildman–Crippen MR) is 84.4 cm³/mol. The van der Waals surface area contributed by atoms with E-state index in [1.165, 1.54) is 6.92 Å². The summed E-state index contributed by atoms with van der Waals surface area (Å²) >= 11 is 5.98. The highest BCUT2D eigenvalue weighted by Crippen LogP contribution is 2.23. The largest absolute Gasteiger partial charge is 0.398 e. The Kier molecular flexibility index (Phi) is 4.30. The number of halogens is 1. The van der Waals surface area contributed by atoms with Crippen molar-refractivity contribution in [3.63, 3.8) is 0 Å². The van der Waals surface area contributed by atoms with Gasteiger partial charge in [-0.15, -0.1) is 0 Å². The van der Waals surface area contributed by atoms with E-state index in [4.69, 9.17) is 17.3 Å². The second-order valence-electron chi connectivity index (χ2n) is 4.81. The zero-order chi connectivity index (χ0) is 14.7. The van der Waals surface area contributed by atoms with Gasteiger partial charge in [-0.1, -0.05) is 23.7 Å². The average Bonchev–Trinajstić information content (AvgIpc) is 2.38. The van der Waals surface area contributed by atoms with Crippen molar-refractivity contribution in [1.29, 1.82) is 0 Å². The summed E-state index contributed by atoms with van der Waals surface area (Å²) in [6.07, 6.45) is 0. The van der Waals surface area contributed by atoms with Crippen molar-refractivity contribution in [2.75, 3.05) is 17.7 Å². The topological polar surface area (TPSA) is 46.3 Å². The molecular weight excluding hydrogens is 272 g/mol. The van der Waals surface area contributed by atoms with Crippen LogP contribution in [0.3, 0.4) is 0 Å². The molecule has 0 saturated heterocycles. The van der Waals surface area contributed by atoms with Crippen LogP contribution in [0.4, 0.5) is 11.4 Å². The summed E-state index contributed by atoms with van der Waals surface area (Å²) in [5, 5.41) is 0.720. The molecule has 0 saturated carbocycles. The third kappa shape index (κ3) is 3.31. The first-order valence-corrected chi connectivity index (χ1v) is 6.71. The van der Waals surface area contributed by atoms with Crippen LogP contribution in [0.15, 0.2) is 42.5 Å². The van der Waals surface area contributed by atoms with E-state index in [0.717, 1.165) is 16.3 Å². The average molecular weight is 289 g/mol. The van der Waals surface area contributed by atoms with E-state index in [1.807, 2.05) is 43.4 Å². The quantitative estimate of drug-likeness (QED) is 0.688. The van der Waals surface area contributed by atoms with Crippen LogP contribution < -0.4 is 10.6 Å². The fourth-order valence-corrected chi connectivity index (χ4v) is 2.30. The molecule has 0 fully saturated rings. The molecule has 3 nitrogen and oxygen atoms in total. The highest BCUT2D eigenvalue weighted by molar-refractivity contribution is 6.30. The summed E-state index contributed by atoms with van der Waals surface area (Å²) in [4.78, 5) is 13.6. The van der Waals surface area contributed by atoms with Gasteiger partial charge in [0.25, 0.3) is 0 Å². The number of anilines is 2. The van der Waals surface area contributed by atoms with E-state index in [1.54, 1.807) is 6.07 Å². The second kappa shape index (κ2) is 5.97. The zero-order valence-corrected chi connectivity index (χ0v) is 12.3. The highest BCUT2D eigenvalue weighted by atomic mass is 35.5. The molecule has 20 heavy (non-hydrogen) atoms. The third-order valence-corrected chi connectivity index (χ3v) is 3.40. The number of nitrogens with two attached hydrogens (primary N) is 1. The number of benzene rings is 2. The molecule has 0 atom stereocenters. The molecule has 2 rings (SSSR count). The normalized spacial score (nSPS) is 10.3. The van der Waals surface area contributed by atoms with Gasteiger partial charge in [0.2, 0.25) is 0 Å². The van der Waals surface area contributed by atoms with Crippen LogP contribution >= 0.6 is 11.6 Å². The van der Waals surface area contributed by atoms with E-state index >= 15 is 0 Å². The summed E-state index contributed by atoms with van der Waals surface area (Å²) in [6, 6.07) is 13.2. The third-order valence-electron chi connectivity index (χ3n) is 3.17. The molecule has 0 aliphatic rings. The number of Topliss-reactive ketones (excluding diaryl/α,β-unsaturated/α-hetero) is 1. The number of hydrogen-bond acceptors (Lipinski definition) is 3. The van der Waals surface area contributed by atoms with Gasteiger partial charge in [0.1, 0.15) is 0 Å². The summed E-state index contributed by atoms with van der Waals surface area (Å²) in [5.74, 6) is -0.0273. The Bertz CT molecular complexity index is 640. The molecule has 0 aliphatic carbocycles. The first kappa shape index (κ1) is 14.4. The van der Waals surface area contributed by atoms with Crippen LogP contribution in [-0.4, -0.2) is 12.8 Å². The van der Waals surface area contributed by atoms with Gasteiger partial charge in [-0.3, -0.25) is 4.79 Å². The number of ketones is 1. The summed E-state index contributed by atoms with van der Waals surface area (Å²) in [7, 11) is 1.97. The molecule has 4 heteroatoms. The Hall–Kier alpha value is -2.00. The van der Waals surface area contributed by atoms with Gasteiger partial charge in [-0.05, 0) is 42.8 Å².